The molecule has 3 rings (SSSR count). The van der Waals surface area contributed by atoms with E-state index in [1.165, 1.54) is 5.56 Å². The predicted octanol–water partition coefficient (Wildman–Crippen LogP) is 8.70. The van der Waals surface area contributed by atoms with Crippen LogP contribution in [0.3, 0.4) is 0 Å². The van der Waals surface area contributed by atoms with Crippen molar-refractivity contribution >= 4 is 19.2 Å². The van der Waals surface area contributed by atoms with Crippen molar-refractivity contribution in [1.82, 2.24) is 0 Å². The lowest BCUT2D eigenvalue weighted by Gasteiger charge is -2.30. The van der Waals surface area contributed by atoms with Crippen molar-refractivity contribution in [3.63, 3.8) is 0 Å². The number of rotatable bonds is 10. The third-order valence-corrected chi connectivity index (χ3v) is 8.40. The zero-order valence-corrected chi connectivity index (χ0v) is 24.1. The molecule has 1 saturated heterocycles. The number of aryl methyl sites for hydroxylation is 2. The van der Waals surface area contributed by atoms with Crippen LogP contribution >= 0.6 is 19.2 Å². The van der Waals surface area contributed by atoms with Crippen LogP contribution in [0.1, 0.15) is 67.3 Å². The summed E-state index contributed by atoms with van der Waals surface area (Å²) in [6.07, 6.45) is 7.07. The Labute approximate surface area is 226 Å². The van der Waals surface area contributed by atoms with E-state index in [2.05, 4.69) is 26.5 Å². The second-order valence-electron chi connectivity index (χ2n) is 9.70. The zero-order valence-electron chi connectivity index (χ0n) is 22.4. The van der Waals surface area contributed by atoms with E-state index in [0.29, 0.717) is 41.1 Å². The van der Waals surface area contributed by atoms with Gasteiger partial charge >= 0.3 is 7.60 Å². The average molecular weight is 545 g/mol. The van der Waals surface area contributed by atoms with Gasteiger partial charge in [0.05, 0.1) is 12.7 Å². The van der Waals surface area contributed by atoms with Crippen LogP contribution in [0.5, 0.6) is 11.5 Å². The highest BCUT2D eigenvalue weighted by molar-refractivity contribution is 7.53. The summed E-state index contributed by atoms with van der Waals surface area (Å²) in [5.41, 5.74) is 6.20. The molecule has 2 aromatic carbocycles. The molecule has 0 aliphatic carbocycles. The van der Waals surface area contributed by atoms with Crippen molar-refractivity contribution in [1.29, 1.82) is 0 Å². The fourth-order valence-corrected chi connectivity index (χ4v) is 5.90. The highest BCUT2D eigenvalue weighted by atomic mass is 35.5. The van der Waals surface area contributed by atoms with Gasteiger partial charge in [0, 0.05) is 11.5 Å². The van der Waals surface area contributed by atoms with Crippen LogP contribution in [0.4, 0.5) is 0 Å². The molecule has 37 heavy (non-hydrogen) atoms. The molecule has 1 N–H and O–H groups in total. The topological polar surface area (TPSA) is 65.0 Å². The minimum absolute atomic E-state index is 0.171. The van der Waals surface area contributed by atoms with Gasteiger partial charge in [0.1, 0.15) is 11.5 Å². The Bertz CT molecular complexity index is 1210. The summed E-state index contributed by atoms with van der Waals surface area (Å²) in [5.74, 6) is 1.27. The van der Waals surface area contributed by atoms with Crippen molar-refractivity contribution in [2.24, 2.45) is 0 Å². The largest absolute Gasteiger partial charge is 0.508 e. The number of hydrogen-bond donors (Lipinski definition) is 1. The van der Waals surface area contributed by atoms with Gasteiger partial charge in [-0.1, -0.05) is 56.3 Å². The van der Waals surface area contributed by atoms with E-state index in [1.807, 2.05) is 32.0 Å². The summed E-state index contributed by atoms with van der Waals surface area (Å²) in [5, 5.41) is 10.9. The highest BCUT2D eigenvalue weighted by Gasteiger charge is 2.35. The molecule has 0 spiro atoms. The minimum Gasteiger partial charge on any atom is -0.508 e. The van der Waals surface area contributed by atoms with E-state index in [9.17, 15) is 9.67 Å². The molecule has 200 valence electrons. The Kier molecular flexibility index (Phi) is 10.3. The van der Waals surface area contributed by atoms with Crippen LogP contribution < -0.4 is 4.74 Å². The summed E-state index contributed by atoms with van der Waals surface area (Å²) in [4.78, 5) is 0. The standard InChI is InChI=1S/C30H38ClO5P/c1-7-20(2)28-18-25(11-12-29(28)32)17-27-22(4)15-26(16-23(27)5)34-19-37(33)35-14-13-30(36-37)21(3)9-8-10-24(6)31/h8-12,15-16,18,20,30,32H,3,7,13-14,17,19H2,1-2,4-6H3/b9-8-,24-10+/t20?,30-,37+/m0/s1. The molecule has 1 fully saturated rings. The quantitative estimate of drug-likeness (QED) is 0.239. The predicted molar refractivity (Wildman–Crippen MR) is 152 cm³/mol. The van der Waals surface area contributed by atoms with Gasteiger partial charge in [0.2, 0.25) is 0 Å². The Morgan fingerprint density at radius 1 is 1.30 bits per heavy atom. The maximum Gasteiger partial charge on any atom is 0.368 e. The number of phenols is 1. The van der Waals surface area contributed by atoms with E-state index in [4.69, 9.17) is 25.4 Å². The summed E-state index contributed by atoms with van der Waals surface area (Å²) < 4.78 is 30.5. The highest BCUT2D eigenvalue weighted by Crippen LogP contribution is 2.53. The van der Waals surface area contributed by atoms with Crippen LogP contribution in [-0.4, -0.2) is 24.2 Å². The number of halogens is 1. The molecular formula is C30H38ClO5P. The second-order valence-corrected chi connectivity index (χ2v) is 12.2. The lowest BCUT2D eigenvalue weighted by Crippen LogP contribution is -2.23. The van der Waals surface area contributed by atoms with Gasteiger partial charge in [-0.3, -0.25) is 9.09 Å². The summed E-state index contributed by atoms with van der Waals surface area (Å²) in [6.45, 7) is 14.5. The molecule has 0 radical (unpaired) electrons. The molecule has 1 aliphatic rings. The first kappa shape index (κ1) is 29.3. The molecule has 5 nitrogen and oxygen atoms in total. The maximum absolute atomic E-state index is 13.2. The van der Waals surface area contributed by atoms with Crippen LogP contribution in [0.25, 0.3) is 0 Å². The monoisotopic (exact) mass is 544 g/mol. The van der Waals surface area contributed by atoms with Gasteiger partial charge in [-0.25, -0.2) is 0 Å². The van der Waals surface area contributed by atoms with Crippen molar-refractivity contribution in [2.75, 3.05) is 13.0 Å². The van der Waals surface area contributed by atoms with Gasteiger partial charge in [-0.05, 0) is 97.2 Å². The third kappa shape index (κ3) is 8.09. The molecule has 1 unspecified atom stereocenters. The smallest absolute Gasteiger partial charge is 0.368 e. The van der Waals surface area contributed by atoms with E-state index in [-0.39, 0.29) is 6.35 Å². The fourth-order valence-electron chi connectivity index (χ4n) is 4.31. The van der Waals surface area contributed by atoms with Gasteiger partial charge in [-0.15, -0.1) is 0 Å². The van der Waals surface area contributed by atoms with Crippen LogP contribution in [0.2, 0.25) is 0 Å². The first-order chi connectivity index (χ1) is 17.5. The zero-order chi connectivity index (χ0) is 27.2. The van der Waals surface area contributed by atoms with E-state index >= 15 is 0 Å². The van der Waals surface area contributed by atoms with Gasteiger partial charge in [0.15, 0.2) is 6.35 Å². The number of phenolic OH excluding ortho intramolecular Hbond substituents is 1. The molecule has 0 aromatic heterocycles. The molecule has 2 aromatic rings. The number of hydrogen-bond acceptors (Lipinski definition) is 5. The van der Waals surface area contributed by atoms with Crippen molar-refractivity contribution in [3.05, 3.63) is 93.6 Å². The molecular weight excluding hydrogens is 507 g/mol. The Morgan fingerprint density at radius 3 is 2.65 bits per heavy atom. The maximum atomic E-state index is 13.2. The van der Waals surface area contributed by atoms with Crippen LogP contribution in [0.15, 0.2) is 65.7 Å². The van der Waals surface area contributed by atoms with Gasteiger partial charge in [-0.2, -0.15) is 0 Å². The summed E-state index contributed by atoms with van der Waals surface area (Å²) in [6, 6.07) is 9.76. The van der Waals surface area contributed by atoms with Crippen molar-refractivity contribution < 1.29 is 23.5 Å². The molecule has 1 heterocycles. The number of allylic oxidation sites excluding steroid dienone is 3. The van der Waals surface area contributed by atoms with Crippen LogP contribution in [0, 0.1) is 13.8 Å². The summed E-state index contributed by atoms with van der Waals surface area (Å²) >= 11 is 5.85. The fraction of sp³-hybridized carbons (Fsp3) is 0.400. The third-order valence-electron chi connectivity index (χ3n) is 6.68. The molecule has 1 aliphatic heterocycles. The molecule has 3 atom stereocenters. The summed E-state index contributed by atoms with van der Waals surface area (Å²) in [7, 11) is -3.44. The molecule has 7 heteroatoms. The first-order valence-electron chi connectivity index (χ1n) is 12.7. The van der Waals surface area contributed by atoms with E-state index in [1.54, 1.807) is 31.2 Å². The SMILES string of the molecule is C=C(/C=C\C=C(/C)Cl)[C@@H]1CCO[P@](=O)(COc2cc(C)c(Cc3ccc(O)c(C(C)CC)c3)c(C)c2)O1. The Balaban J connectivity index is 1.68. The average Bonchev–Trinajstić information content (AvgIpc) is 2.85. The van der Waals surface area contributed by atoms with Crippen molar-refractivity contribution in [3.8, 4) is 11.5 Å². The first-order valence-corrected chi connectivity index (χ1v) is 14.8. The van der Waals surface area contributed by atoms with Crippen LogP contribution in [-0.2, 0) is 20.0 Å². The van der Waals surface area contributed by atoms with Gasteiger partial charge < -0.3 is 14.4 Å². The molecule has 0 bridgehead atoms. The normalized spacial score (nSPS) is 21.2. The lowest BCUT2D eigenvalue weighted by atomic mass is 9.91. The molecule has 0 amide bonds. The number of benzene rings is 2. The molecule has 0 saturated carbocycles. The van der Waals surface area contributed by atoms with E-state index < -0.39 is 13.7 Å². The minimum atomic E-state index is -3.44. The van der Waals surface area contributed by atoms with Gasteiger partial charge in [0.25, 0.3) is 0 Å². The second kappa shape index (κ2) is 13.0. The van der Waals surface area contributed by atoms with Crippen molar-refractivity contribution in [2.45, 2.75) is 65.9 Å². The van der Waals surface area contributed by atoms with E-state index in [0.717, 1.165) is 35.1 Å². The number of aromatic hydroxyl groups is 1. The number of ether oxygens (including phenoxy) is 1. The Hall–Kier alpha value is -2.30. The lowest BCUT2D eigenvalue weighted by molar-refractivity contribution is 0.0933. The Morgan fingerprint density at radius 2 is 2.00 bits per heavy atom.